The van der Waals surface area contributed by atoms with E-state index in [-0.39, 0.29) is 5.91 Å². The van der Waals surface area contributed by atoms with Crippen LogP contribution in [0.4, 0.5) is 5.69 Å². The van der Waals surface area contributed by atoms with Crippen LogP contribution in [0.3, 0.4) is 0 Å². The number of carbonyl (C=O) groups is 1. The van der Waals surface area contributed by atoms with Crippen LogP contribution < -0.4 is 5.73 Å². The lowest BCUT2D eigenvalue weighted by Gasteiger charge is -2.20. The number of halogens is 1. The summed E-state index contributed by atoms with van der Waals surface area (Å²) < 4.78 is 0.970. The Morgan fingerprint density at radius 3 is 2.86 bits per heavy atom. The molecule has 1 amide bonds. The summed E-state index contributed by atoms with van der Waals surface area (Å²) in [4.78, 5) is 15.1. The minimum Gasteiger partial charge on any atom is -0.397 e. The van der Waals surface area contributed by atoms with Gasteiger partial charge in [-0.15, -0.1) is 11.3 Å². The monoisotopic (exact) mass is 322 g/mol. The summed E-state index contributed by atoms with van der Waals surface area (Å²) in [5, 5.41) is 1.59. The predicted octanol–water partition coefficient (Wildman–Crippen LogP) is 4.40. The molecular weight excluding hydrogens is 304 g/mol. The van der Waals surface area contributed by atoms with Crippen molar-refractivity contribution in [2.75, 3.05) is 19.3 Å². The fraction of sp³-hybridized carbons (Fsp3) is 0.438. The summed E-state index contributed by atoms with van der Waals surface area (Å²) >= 11 is 7.44. The maximum Gasteiger partial charge on any atom is 0.265 e. The molecule has 2 N–H and O–H groups in total. The van der Waals surface area contributed by atoms with Gasteiger partial charge >= 0.3 is 0 Å². The lowest BCUT2D eigenvalue weighted by Crippen LogP contribution is -2.31. The van der Waals surface area contributed by atoms with Crippen LogP contribution in [0.5, 0.6) is 0 Å². The number of nitrogens with zero attached hydrogens (tertiary/aromatic N) is 1. The van der Waals surface area contributed by atoms with Crippen molar-refractivity contribution < 1.29 is 4.79 Å². The highest BCUT2D eigenvalue weighted by Crippen LogP contribution is 2.36. The summed E-state index contributed by atoms with van der Waals surface area (Å²) in [5.74, 6) is 0.667. The van der Waals surface area contributed by atoms with Gasteiger partial charge in [-0.2, -0.15) is 0 Å². The fourth-order valence-corrected chi connectivity index (χ4v) is 4.48. The van der Waals surface area contributed by atoms with Gasteiger partial charge in [0, 0.05) is 28.7 Å². The number of fused-ring (bicyclic) bond motifs is 1. The zero-order valence-corrected chi connectivity index (χ0v) is 13.6. The number of hydrogen-bond acceptors (Lipinski definition) is 3. The van der Waals surface area contributed by atoms with Crippen LogP contribution in [0.15, 0.2) is 18.2 Å². The molecule has 1 fully saturated rings. The Morgan fingerprint density at radius 2 is 2.14 bits per heavy atom. The average molecular weight is 323 g/mol. The van der Waals surface area contributed by atoms with Crippen molar-refractivity contribution in [1.82, 2.24) is 4.90 Å². The number of nitrogen functional groups attached to an aromatic ring is 1. The second-order valence-electron chi connectivity index (χ2n) is 5.82. The standard InChI is InChI=1S/C16H19ClN2OS/c1-19(9-10-4-2-3-5-10)16(20)15-14(18)12-7-6-11(17)8-13(12)21-15/h6-8,10H,2-5,9,18H2,1H3. The number of benzene rings is 1. The van der Waals surface area contributed by atoms with E-state index in [0.29, 0.717) is 21.5 Å². The first-order chi connectivity index (χ1) is 10.1. The molecule has 0 aliphatic heterocycles. The van der Waals surface area contributed by atoms with Crippen molar-refractivity contribution in [2.24, 2.45) is 5.92 Å². The third-order valence-corrected chi connectivity index (χ3v) is 5.63. The van der Waals surface area contributed by atoms with E-state index in [9.17, 15) is 4.79 Å². The number of nitrogens with two attached hydrogens (primary N) is 1. The van der Waals surface area contributed by atoms with E-state index in [2.05, 4.69) is 0 Å². The molecule has 1 aromatic carbocycles. The van der Waals surface area contributed by atoms with Crippen molar-refractivity contribution in [3.63, 3.8) is 0 Å². The Bertz CT molecular complexity index is 676. The van der Waals surface area contributed by atoms with Gasteiger partial charge in [-0.25, -0.2) is 0 Å². The maximum absolute atomic E-state index is 12.6. The van der Waals surface area contributed by atoms with E-state index < -0.39 is 0 Å². The van der Waals surface area contributed by atoms with Crippen LogP contribution in [0.2, 0.25) is 5.02 Å². The summed E-state index contributed by atoms with van der Waals surface area (Å²) in [5.41, 5.74) is 6.73. The van der Waals surface area contributed by atoms with E-state index in [1.807, 2.05) is 30.1 Å². The zero-order valence-electron chi connectivity index (χ0n) is 12.1. The molecule has 0 unspecified atom stereocenters. The summed E-state index contributed by atoms with van der Waals surface area (Å²) in [6.07, 6.45) is 5.04. The molecule has 3 rings (SSSR count). The molecule has 1 aromatic heterocycles. The lowest BCUT2D eigenvalue weighted by molar-refractivity contribution is 0.0779. The van der Waals surface area contributed by atoms with Gasteiger partial charge in [0.15, 0.2) is 0 Å². The maximum atomic E-state index is 12.6. The first kappa shape index (κ1) is 14.7. The molecule has 0 radical (unpaired) electrons. The molecule has 3 nitrogen and oxygen atoms in total. The minimum absolute atomic E-state index is 0.0247. The van der Waals surface area contributed by atoms with Gasteiger partial charge in [0.25, 0.3) is 5.91 Å². The van der Waals surface area contributed by atoms with Crippen LogP contribution >= 0.6 is 22.9 Å². The average Bonchev–Trinajstić information content (AvgIpc) is 3.06. The minimum atomic E-state index is 0.0247. The molecule has 1 heterocycles. The smallest absolute Gasteiger partial charge is 0.265 e. The summed E-state index contributed by atoms with van der Waals surface area (Å²) in [6, 6.07) is 5.56. The van der Waals surface area contributed by atoms with Gasteiger partial charge < -0.3 is 10.6 Å². The molecule has 0 spiro atoms. The van der Waals surface area contributed by atoms with E-state index in [0.717, 1.165) is 16.6 Å². The molecule has 5 heteroatoms. The summed E-state index contributed by atoms with van der Waals surface area (Å²) in [6.45, 7) is 0.827. The Labute approximate surface area is 133 Å². The largest absolute Gasteiger partial charge is 0.397 e. The Morgan fingerprint density at radius 1 is 1.43 bits per heavy atom. The molecule has 0 atom stereocenters. The molecule has 21 heavy (non-hydrogen) atoms. The number of amides is 1. The van der Waals surface area contributed by atoms with Crippen LogP contribution in [-0.4, -0.2) is 24.4 Å². The van der Waals surface area contributed by atoms with Crippen molar-refractivity contribution in [2.45, 2.75) is 25.7 Å². The quantitative estimate of drug-likeness (QED) is 0.910. The van der Waals surface area contributed by atoms with Crippen LogP contribution in [-0.2, 0) is 0 Å². The van der Waals surface area contributed by atoms with Crippen molar-refractivity contribution in [1.29, 1.82) is 0 Å². The van der Waals surface area contributed by atoms with Crippen LogP contribution in [0.25, 0.3) is 10.1 Å². The number of rotatable bonds is 3. The van der Waals surface area contributed by atoms with E-state index in [1.54, 1.807) is 0 Å². The van der Waals surface area contributed by atoms with Gasteiger partial charge in [0.2, 0.25) is 0 Å². The van der Waals surface area contributed by atoms with Gasteiger partial charge in [0.05, 0.1) is 5.69 Å². The third-order valence-electron chi connectivity index (χ3n) is 4.24. The lowest BCUT2D eigenvalue weighted by atomic mass is 10.1. The number of thiophene rings is 1. The molecular formula is C16H19ClN2OS. The summed E-state index contributed by atoms with van der Waals surface area (Å²) in [7, 11) is 1.87. The molecule has 0 bridgehead atoms. The number of hydrogen-bond donors (Lipinski definition) is 1. The van der Waals surface area contributed by atoms with Crippen LogP contribution in [0.1, 0.15) is 35.4 Å². The highest BCUT2D eigenvalue weighted by atomic mass is 35.5. The molecule has 1 aliphatic rings. The number of carbonyl (C=O) groups excluding carboxylic acids is 1. The van der Waals surface area contributed by atoms with E-state index >= 15 is 0 Å². The highest BCUT2D eigenvalue weighted by molar-refractivity contribution is 7.21. The normalized spacial score (nSPS) is 15.7. The molecule has 0 saturated heterocycles. The fourth-order valence-electron chi connectivity index (χ4n) is 3.09. The van der Waals surface area contributed by atoms with Gasteiger partial charge in [-0.1, -0.05) is 24.4 Å². The predicted molar refractivity (Wildman–Crippen MR) is 90.2 cm³/mol. The molecule has 1 aliphatic carbocycles. The third kappa shape index (κ3) is 2.87. The zero-order chi connectivity index (χ0) is 15.0. The Hall–Kier alpha value is -1.26. The van der Waals surface area contributed by atoms with Crippen molar-refractivity contribution in [3.8, 4) is 0 Å². The van der Waals surface area contributed by atoms with Crippen LogP contribution in [0, 0.1) is 5.92 Å². The van der Waals surface area contributed by atoms with Gasteiger partial charge in [-0.3, -0.25) is 4.79 Å². The first-order valence-electron chi connectivity index (χ1n) is 7.29. The second-order valence-corrected chi connectivity index (χ2v) is 7.31. The Balaban J connectivity index is 1.84. The Kier molecular flexibility index (Phi) is 4.09. The van der Waals surface area contributed by atoms with Gasteiger partial charge in [0.1, 0.15) is 4.88 Å². The molecule has 1 saturated carbocycles. The van der Waals surface area contributed by atoms with E-state index in [1.165, 1.54) is 37.0 Å². The second kappa shape index (κ2) is 5.85. The molecule has 112 valence electrons. The number of anilines is 1. The molecule has 2 aromatic rings. The van der Waals surface area contributed by atoms with Crippen molar-refractivity contribution >= 4 is 44.6 Å². The van der Waals surface area contributed by atoms with E-state index in [4.69, 9.17) is 17.3 Å². The first-order valence-corrected chi connectivity index (χ1v) is 8.48. The highest BCUT2D eigenvalue weighted by Gasteiger charge is 2.23. The van der Waals surface area contributed by atoms with Crippen molar-refractivity contribution in [3.05, 3.63) is 28.1 Å². The SMILES string of the molecule is CN(CC1CCCC1)C(=O)c1sc2cc(Cl)ccc2c1N. The van der Waals surface area contributed by atoms with Gasteiger partial charge in [-0.05, 0) is 37.0 Å². The topological polar surface area (TPSA) is 46.3 Å².